The topological polar surface area (TPSA) is 71.0 Å². The van der Waals surface area contributed by atoms with Crippen molar-refractivity contribution < 1.29 is 0 Å². The molecule has 0 saturated carbocycles. The van der Waals surface area contributed by atoms with Crippen molar-refractivity contribution >= 4 is 16.9 Å². The third-order valence-electron chi connectivity index (χ3n) is 5.75. The maximum absolute atomic E-state index is 12.9. The molecule has 1 saturated heterocycles. The molecule has 0 aliphatic carbocycles. The van der Waals surface area contributed by atoms with E-state index in [-0.39, 0.29) is 5.56 Å². The monoisotopic (exact) mass is 403 g/mol. The van der Waals surface area contributed by atoms with Crippen LogP contribution in [0, 0.1) is 13.8 Å². The van der Waals surface area contributed by atoms with Gasteiger partial charge in [0.05, 0.1) is 34.5 Å². The Hall–Kier alpha value is -3.26. The van der Waals surface area contributed by atoms with Crippen LogP contribution in [-0.4, -0.2) is 62.1 Å². The third-order valence-corrected chi connectivity index (χ3v) is 5.75. The molecule has 30 heavy (non-hydrogen) atoms. The fraction of sp³-hybridized carbons (Fsp3) is 0.364. The molecule has 0 unspecified atom stereocenters. The Bertz CT molecular complexity index is 1310. The summed E-state index contributed by atoms with van der Waals surface area (Å²) in [5.41, 5.74) is 5.53. The molecule has 0 aromatic carbocycles. The largest absolute Gasteiger partial charge is 0.369 e. The van der Waals surface area contributed by atoms with Crippen LogP contribution < -0.4 is 10.5 Å². The number of nitrogens with zero attached hydrogens (tertiary/aromatic N) is 7. The lowest BCUT2D eigenvalue weighted by Gasteiger charge is -2.23. The Morgan fingerprint density at radius 1 is 0.933 bits per heavy atom. The standard InChI is InChI=1S/C22H25N7O/c1-15-13-29-20(16(2)23-15)11-19(25-29)18-12-22(30)28-14-17(5-6-21(28)24-18)27-8-4-7-26(3)9-10-27/h5-6,11-14H,4,7-10H2,1-3H3. The van der Waals surface area contributed by atoms with Crippen LogP contribution in [0.25, 0.3) is 22.6 Å². The van der Waals surface area contributed by atoms with Gasteiger partial charge < -0.3 is 9.80 Å². The van der Waals surface area contributed by atoms with E-state index < -0.39 is 0 Å². The predicted octanol–water partition coefficient (Wildman–Crippen LogP) is 2.16. The first kappa shape index (κ1) is 18.7. The summed E-state index contributed by atoms with van der Waals surface area (Å²) in [5.74, 6) is 0. The van der Waals surface area contributed by atoms with Gasteiger partial charge in [0.1, 0.15) is 11.3 Å². The summed E-state index contributed by atoms with van der Waals surface area (Å²) in [7, 11) is 2.15. The number of aromatic nitrogens is 5. The van der Waals surface area contributed by atoms with Crippen molar-refractivity contribution in [3.8, 4) is 11.4 Å². The van der Waals surface area contributed by atoms with E-state index in [1.54, 1.807) is 15.0 Å². The normalized spacial score (nSPS) is 15.8. The molecule has 0 N–H and O–H groups in total. The smallest absolute Gasteiger partial charge is 0.258 e. The number of likely N-dealkylation sites (N-methyl/N-ethyl adjacent to an activating group) is 1. The van der Waals surface area contributed by atoms with Crippen molar-refractivity contribution in [2.75, 3.05) is 38.1 Å². The Morgan fingerprint density at radius 2 is 1.80 bits per heavy atom. The number of hydrogen-bond donors (Lipinski definition) is 0. The molecule has 8 nitrogen and oxygen atoms in total. The number of aryl methyl sites for hydroxylation is 2. The molecule has 0 spiro atoms. The van der Waals surface area contributed by atoms with Crippen LogP contribution in [0.15, 0.2) is 41.5 Å². The van der Waals surface area contributed by atoms with Gasteiger partial charge >= 0.3 is 0 Å². The van der Waals surface area contributed by atoms with Gasteiger partial charge in [-0.05, 0) is 52.1 Å². The fourth-order valence-electron chi connectivity index (χ4n) is 4.13. The Labute approximate surface area is 174 Å². The van der Waals surface area contributed by atoms with Gasteiger partial charge in [-0.1, -0.05) is 0 Å². The molecule has 8 heteroatoms. The molecular weight excluding hydrogens is 378 g/mol. The summed E-state index contributed by atoms with van der Waals surface area (Å²) in [6.07, 6.45) is 4.90. The van der Waals surface area contributed by atoms with Crippen molar-refractivity contribution in [3.05, 3.63) is 58.4 Å². The summed E-state index contributed by atoms with van der Waals surface area (Å²) in [6, 6.07) is 7.46. The highest BCUT2D eigenvalue weighted by Crippen LogP contribution is 2.21. The lowest BCUT2D eigenvalue weighted by molar-refractivity contribution is 0.360. The van der Waals surface area contributed by atoms with Gasteiger partial charge in [0.2, 0.25) is 0 Å². The highest BCUT2D eigenvalue weighted by molar-refractivity contribution is 5.66. The minimum absolute atomic E-state index is 0.105. The van der Waals surface area contributed by atoms with Crippen molar-refractivity contribution in [3.63, 3.8) is 0 Å². The minimum atomic E-state index is -0.105. The lowest BCUT2D eigenvalue weighted by atomic mass is 10.2. The molecule has 1 aliphatic rings. The quantitative estimate of drug-likeness (QED) is 0.511. The molecule has 0 amide bonds. The van der Waals surface area contributed by atoms with Crippen LogP contribution in [0.2, 0.25) is 0 Å². The van der Waals surface area contributed by atoms with Crippen molar-refractivity contribution in [2.24, 2.45) is 0 Å². The maximum atomic E-state index is 12.9. The first-order valence-electron chi connectivity index (χ1n) is 10.3. The van der Waals surface area contributed by atoms with E-state index in [0.717, 1.165) is 55.2 Å². The van der Waals surface area contributed by atoms with Gasteiger partial charge in [0.15, 0.2) is 0 Å². The van der Waals surface area contributed by atoms with Gasteiger partial charge in [0.25, 0.3) is 5.56 Å². The zero-order valence-electron chi connectivity index (χ0n) is 17.5. The van der Waals surface area contributed by atoms with Crippen molar-refractivity contribution in [1.29, 1.82) is 0 Å². The van der Waals surface area contributed by atoms with Crippen LogP contribution in [0.1, 0.15) is 17.8 Å². The maximum Gasteiger partial charge on any atom is 0.258 e. The number of pyridine rings is 1. The molecule has 5 rings (SSSR count). The molecule has 1 aliphatic heterocycles. The van der Waals surface area contributed by atoms with E-state index in [0.29, 0.717) is 17.0 Å². The van der Waals surface area contributed by atoms with E-state index in [2.05, 4.69) is 33.0 Å². The first-order chi connectivity index (χ1) is 14.5. The first-order valence-corrected chi connectivity index (χ1v) is 10.3. The van der Waals surface area contributed by atoms with E-state index in [9.17, 15) is 4.79 Å². The molecule has 154 valence electrons. The summed E-state index contributed by atoms with van der Waals surface area (Å²) in [4.78, 5) is 26.8. The van der Waals surface area contributed by atoms with Gasteiger partial charge in [-0.15, -0.1) is 0 Å². The van der Waals surface area contributed by atoms with E-state index >= 15 is 0 Å². The Balaban J connectivity index is 1.55. The molecule has 1 fully saturated rings. The van der Waals surface area contributed by atoms with Crippen molar-refractivity contribution in [2.45, 2.75) is 20.3 Å². The van der Waals surface area contributed by atoms with Crippen LogP contribution in [0.3, 0.4) is 0 Å². The van der Waals surface area contributed by atoms with Crippen LogP contribution >= 0.6 is 0 Å². The van der Waals surface area contributed by atoms with Gasteiger partial charge in [0, 0.05) is 31.9 Å². The van der Waals surface area contributed by atoms with Gasteiger partial charge in [-0.25, -0.2) is 9.50 Å². The Kier molecular flexibility index (Phi) is 4.51. The average molecular weight is 403 g/mol. The van der Waals surface area contributed by atoms with Gasteiger partial charge in [-0.2, -0.15) is 5.10 Å². The SMILES string of the molecule is Cc1cn2nc(-c3cc(=O)n4cc(N5CCCN(C)CC5)ccc4n3)cc2c(C)n1. The molecule has 0 atom stereocenters. The molecular formula is C22H25N7O. The Morgan fingerprint density at radius 3 is 2.67 bits per heavy atom. The molecule has 4 aromatic rings. The highest BCUT2D eigenvalue weighted by Gasteiger charge is 2.15. The second kappa shape index (κ2) is 7.21. The van der Waals surface area contributed by atoms with Crippen LogP contribution in [0.4, 0.5) is 5.69 Å². The number of fused-ring (bicyclic) bond motifs is 2. The highest BCUT2D eigenvalue weighted by atomic mass is 16.1. The summed E-state index contributed by atoms with van der Waals surface area (Å²) in [6.45, 7) is 7.96. The van der Waals surface area contributed by atoms with Crippen molar-refractivity contribution in [1.82, 2.24) is 28.9 Å². The zero-order chi connectivity index (χ0) is 20.8. The minimum Gasteiger partial charge on any atom is -0.369 e. The second-order valence-corrected chi connectivity index (χ2v) is 8.07. The van der Waals surface area contributed by atoms with Gasteiger partial charge in [-0.3, -0.25) is 14.2 Å². The number of anilines is 1. The zero-order valence-corrected chi connectivity index (χ0v) is 17.5. The second-order valence-electron chi connectivity index (χ2n) is 8.07. The fourth-order valence-corrected chi connectivity index (χ4v) is 4.13. The summed E-state index contributed by atoms with van der Waals surface area (Å²) < 4.78 is 3.43. The lowest BCUT2D eigenvalue weighted by Crippen LogP contribution is -2.29. The molecule has 5 heterocycles. The number of hydrogen-bond acceptors (Lipinski definition) is 6. The summed E-state index contributed by atoms with van der Waals surface area (Å²) in [5, 5.41) is 4.61. The average Bonchev–Trinajstić information content (AvgIpc) is 3.03. The summed E-state index contributed by atoms with van der Waals surface area (Å²) >= 11 is 0. The molecule has 0 bridgehead atoms. The van der Waals surface area contributed by atoms with Crippen LogP contribution in [-0.2, 0) is 0 Å². The predicted molar refractivity (Wildman–Crippen MR) is 117 cm³/mol. The van der Waals surface area contributed by atoms with Crippen LogP contribution in [0.5, 0.6) is 0 Å². The molecule has 4 aromatic heterocycles. The third kappa shape index (κ3) is 3.33. The van der Waals surface area contributed by atoms with E-state index in [4.69, 9.17) is 4.98 Å². The van der Waals surface area contributed by atoms with E-state index in [1.807, 2.05) is 38.4 Å². The molecule has 0 radical (unpaired) electrons. The number of rotatable bonds is 2. The van der Waals surface area contributed by atoms with E-state index in [1.165, 1.54) is 0 Å².